The maximum atomic E-state index is 10.9. The van der Waals surface area contributed by atoms with E-state index < -0.39 is 11.9 Å². The molecule has 0 bridgehead atoms. The number of ether oxygens (including phenoxy) is 3. The highest BCUT2D eigenvalue weighted by Crippen LogP contribution is 2.32. The molecule has 0 aromatic heterocycles. The van der Waals surface area contributed by atoms with E-state index in [1.807, 2.05) is 0 Å². The minimum Gasteiger partial charge on any atom is -0.461 e. The standard InChI is InChI=1S/C7H10O4/c1-7(2)10-4-3-9-6(8)5(4)11-7/h4-5H,3H2,1-2H3/t4-,5?/m1/s1. The number of carbonyl (C=O) groups is 1. The zero-order valence-corrected chi connectivity index (χ0v) is 6.49. The monoisotopic (exact) mass is 158 g/mol. The number of cyclic esters (lactones) is 1. The van der Waals surface area contributed by atoms with Crippen molar-refractivity contribution in [3.8, 4) is 0 Å². The lowest BCUT2D eigenvalue weighted by Gasteiger charge is -2.17. The van der Waals surface area contributed by atoms with Gasteiger partial charge in [-0.15, -0.1) is 0 Å². The van der Waals surface area contributed by atoms with Crippen LogP contribution >= 0.6 is 0 Å². The van der Waals surface area contributed by atoms with E-state index in [0.29, 0.717) is 6.61 Å². The van der Waals surface area contributed by atoms with Gasteiger partial charge < -0.3 is 14.2 Å². The molecular formula is C7H10O4. The summed E-state index contributed by atoms with van der Waals surface area (Å²) in [5.41, 5.74) is 0. The van der Waals surface area contributed by atoms with E-state index >= 15 is 0 Å². The molecule has 2 aliphatic heterocycles. The van der Waals surface area contributed by atoms with Crippen LogP contribution < -0.4 is 0 Å². The molecule has 2 atom stereocenters. The molecule has 0 N–H and O–H groups in total. The summed E-state index contributed by atoms with van der Waals surface area (Å²) < 4.78 is 15.4. The number of rotatable bonds is 0. The molecule has 2 saturated heterocycles. The van der Waals surface area contributed by atoms with Gasteiger partial charge in [0, 0.05) is 0 Å². The molecule has 0 radical (unpaired) electrons. The van der Waals surface area contributed by atoms with Gasteiger partial charge in [-0.25, -0.2) is 4.79 Å². The van der Waals surface area contributed by atoms with Crippen molar-refractivity contribution >= 4 is 5.97 Å². The van der Waals surface area contributed by atoms with Crippen molar-refractivity contribution in [1.29, 1.82) is 0 Å². The Bertz CT molecular complexity index is 199. The van der Waals surface area contributed by atoms with E-state index in [1.54, 1.807) is 13.8 Å². The summed E-state index contributed by atoms with van der Waals surface area (Å²) in [7, 11) is 0. The second-order valence-electron chi connectivity index (χ2n) is 3.22. The fourth-order valence-corrected chi connectivity index (χ4v) is 1.40. The van der Waals surface area contributed by atoms with Crippen molar-refractivity contribution < 1.29 is 19.0 Å². The summed E-state index contributed by atoms with van der Waals surface area (Å²) in [5, 5.41) is 0. The van der Waals surface area contributed by atoms with Crippen molar-refractivity contribution in [3.05, 3.63) is 0 Å². The molecule has 62 valence electrons. The Morgan fingerprint density at radius 1 is 1.45 bits per heavy atom. The molecule has 0 aliphatic carbocycles. The van der Waals surface area contributed by atoms with Crippen LogP contribution in [0.2, 0.25) is 0 Å². The first kappa shape index (κ1) is 7.06. The largest absolute Gasteiger partial charge is 0.461 e. The van der Waals surface area contributed by atoms with Gasteiger partial charge in [-0.3, -0.25) is 0 Å². The number of esters is 1. The minimum atomic E-state index is -0.630. The molecule has 0 saturated carbocycles. The molecule has 2 rings (SSSR count). The van der Waals surface area contributed by atoms with Crippen LogP contribution in [-0.2, 0) is 19.0 Å². The van der Waals surface area contributed by atoms with Crippen LogP contribution in [0.25, 0.3) is 0 Å². The quantitative estimate of drug-likeness (QED) is 0.468. The van der Waals surface area contributed by atoms with Gasteiger partial charge >= 0.3 is 5.97 Å². The van der Waals surface area contributed by atoms with Crippen LogP contribution in [0.5, 0.6) is 0 Å². The normalized spacial score (nSPS) is 40.4. The van der Waals surface area contributed by atoms with Crippen molar-refractivity contribution in [2.45, 2.75) is 31.8 Å². The SMILES string of the molecule is CC1(C)OC2C(=O)OC[C@H]2O1. The Morgan fingerprint density at radius 3 is 2.82 bits per heavy atom. The lowest BCUT2D eigenvalue weighted by molar-refractivity contribution is -0.178. The average molecular weight is 158 g/mol. The minimum absolute atomic E-state index is 0.197. The molecule has 2 fully saturated rings. The molecule has 1 unspecified atom stereocenters. The van der Waals surface area contributed by atoms with Gasteiger partial charge in [-0.05, 0) is 13.8 Å². The lowest BCUT2D eigenvalue weighted by Crippen LogP contribution is -2.25. The highest BCUT2D eigenvalue weighted by molar-refractivity contribution is 5.77. The molecule has 0 aromatic rings. The van der Waals surface area contributed by atoms with E-state index in [2.05, 4.69) is 0 Å². The van der Waals surface area contributed by atoms with Gasteiger partial charge in [0.05, 0.1) is 0 Å². The molecule has 4 nitrogen and oxygen atoms in total. The number of hydrogen-bond donors (Lipinski definition) is 0. The molecule has 11 heavy (non-hydrogen) atoms. The van der Waals surface area contributed by atoms with Gasteiger partial charge in [0.2, 0.25) is 0 Å². The topological polar surface area (TPSA) is 44.8 Å². The molecule has 2 aliphatic rings. The van der Waals surface area contributed by atoms with Crippen LogP contribution in [0.4, 0.5) is 0 Å². The molecule has 0 amide bonds. The maximum absolute atomic E-state index is 10.9. The second-order valence-corrected chi connectivity index (χ2v) is 3.22. The van der Waals surface area contributed by atoms with Gasteiger partial charge in [0.15, 0.2) is 11.9 Å². The predicted molar refractivity (Wildman–Crippen MR) is 34.8 cm³/mol. The fraction of sp³-hybridized carbons (Fsp3) is 0.857. The molecule has 4 heteroatoms. The summed E-state index contributed by atoms with van der Waals surface area (Å²) in [6.45, 7) is 3.91. The zero-order chi connectivity index (χ0) is 8.06. The van der Waals surface area contributed by atoms with Crippen molar-refractivity contribution in [3.63, 3.8) is 0 Å². The van der Waals surface area contributed by atoms with Crippen molar-refractivity contribution in [1.82, 2.24) is 0 Å². The van der Waals surface area contributed by atoms with Crippen LogP contribution in [-0.4, -0.2) is 30.6 Å². The van der Waals surface area contributed by atoms with E-state index in [1.165, 1.54) is 0 Å². The van der Waals surface area contributed by atoms with Crippen LogP contribution in [0.3, 0.4) is 0 Å². The Hall–Kier alpha value is -0.610. The lowest BCUT2D eigenvalue weighted by atomic mass is 10.3. The third kappa shape index (κ3) is 1.02. The number of carbonyl (C=O) groups excluding carboxylic acids is 1. The van der Waals surface area contributed by atoms with E-state index in [4.69, 9.17) is 14.2 Å². The van der Waals surface area contributed by atoms with E-state index in [-0.39, 0.29) is 12.1 Å². The number of hydrogen-bond acceptors (Lipinski definition) is 4. The Morgan fingerprint density at radius 2 is 2.18 bits per heavy atom. The highest BCUT2D eigenvalue weighted by Gasteiger charge is 2.50. The Kier molecular flexibility index (Phi) is 1.25. The third-order valence-electron chi connectivity index (χ3n) is 1.81. The molecule has 2 heterocycles. The zero-order valence-electron chi connectivity index (χ0n) is 6.49. The number of fused-ring (bicyclic) bond motifs is 1. The molecular weight excluding hydrogens is 148 g/mol. The predicted octanol–water partition coefficient (Wildman–Crippen LogP) is 0.0633. The van der Waals surface area contributed by atoms with Gasteiger partial charge in [-0.2, -0.15) is 0 Å². The Labute approximate surface area is 64.4 Å². The first-order valence-electron chi connectivity index (χ1n) is 3.61. The summed E-state index contributed by atoms with van der Waals surface area (Å²) in [5.74, 6) is -0.935. The second kappa shape index (κ2) is 1.95. The molecule has 0 aromatic carbocycles. The van der Waals surface area contributed by atoms with Gasteiger partial charge in [0.1, 0.15) is 12.7 Å². The first-order valence-corrected chi connectivity index (χ1v) is 3.61. The fourth-order valence-electron chi connectivity index (χ4n) is 1.40. The van der Waals surface area contributed by atoms with Gasteiger partial charge in [0.25, 0.3) is 0 Å². The summed E-state index contributed by atoms with van der Waals surface area (Å²) in [6.07, 6.45) is -0.692. The van der Waals surface area contributed by atoms with E-state index in [9.17, 15) is 4.79 Å². The maximum Gasteiger partial charge on any atom is 0.338 e. The first-order chi connectivity index (χ1) is 5.08. The summed E-state index contributed by atoms with van der Waals surface area (Å²) >= 11 is 0. The third-order valence-corrected chi connectivity index (χ3v) is 1.81. The van der Waals surface area contributed by atoms with Gasteiger partial charge in [-0.1, -0.05) is 0 Å². The van der Waals surface area contributed by atoms with Crippen molar-refractivity contribution in [2.75, 3.05) is 6.61 Å². The van der Waals surface area contributed by atoms with E-state index in [0.717, 1.165) is 0 Å². The van der Waals surface area contributed by atoms with Crippen LogP contribution in [0, 0.1) is 0 Å². The summed E-state index contributed by atoms with van der Waals surface area (Å²) in [4.78, 5) is 10.9. The summed E-state index contributed by atoms with van der Waals surface area (Å²) in [6, 6.07) is 0. The molecule has 0 spiro atoms. The van der Waals surface area contributed by atoms with Crippen LogP contribution in [0.1, 0.15) is 13.8 Å². The smallest absolute Gasteiger partial charge is 0.338 e. The highest BCUT2D eigenvalue weighted by atomic mass is 16.8. The van der Waals surface area contributed by atoms with Crippen LogP contribution in [0.15, 0.2) is 0 Å². The van der Waals surface area contributed by atoms with Crippen molar-refractivity contribution in [2.24, 2.45) is 0 Å². The Balaban J connectivity index is 2.16. The average Bonchev–Trinajstić information content (AvgIpc) is 2.31.